The number of ketones is 1. The van der Waals surface area contributed by atoms with Gasteiger partial charge in [0.05, 0.1) is 5.69 Å². The Labute approximate surface area is 146 Å². The SMILES string of the molecule is CC(=O)c1ccc2c(c1)N(CC(=O)NCCN1CCCC1)C(=O)CO2. The summed E-state index contributed by atoms with van der Waals surface area (Å²) in [6.07, 6.45) is 2.43. The van der Waals surface area contributed by atoms with E-state index in [2.05, 4.69) is 10.2 Å². The summed E-state index contributed by atoms with van der Waals surface area (Å²) >= 11 is 0. The molecule has 2 heterocycles. The van der Waals surface area contributed by atoms with Crippen LogP contribution in [0.2, 0.25) is 0 Å². The van der Waals surface area contributed by atoms with Gasteiger partial charge in [-0.15, -0.1) is 0 Å². The van der Waals surface area contributed by atoms with Crippen LogP contribution in [0.4, 0.5) is 5.69 Å². The fraction of sp³-hybridized carbons (Fsp3) is 0.500. The maximum absolute atomic E-state index is 12.2. The highest BCUT2D eigenvalue weighted by molar-refractivity contribution is 6.04. The van der Waals surface area contributed by atoms with Crippen LogP contribution in [0.25, 0.3) is 0 Å². The van der Waals surface area contributed by atoms with Crippen LogP contribution in [0.15, 0.2) is 18.2 Å². The van der Waals surface area contributed by atoms with Crippen LogP contribution >= 0.6 is 0 Å². The molecule has 1 saturated heterocycles. The number of nitrogens with one attached hydrogen (secondary N) is 1. The Hall–Kier alpha value is -2.41. The summed E-state index contributed by atoms with van der Waals surface area (Å²) in [6.45, 7) is 4.84. The number of rotatable bonds is 6. The number of ether oxygens (including phenoxy) is 1. The second kappa shape index (κ2) is 7.65. The summed E-state index contributed by atoms with van der Waals surface area (Å²) in [4.78, 5) is 39.7. The Balaban J connectivity index is 1.63. The highest BCUT2D eigenvalue weighted by Gasteiger charge is 2.28. The van der Waals surface area contributed by atoms with Gasteiger partial charge in [0.15, 0.2) is 12.4 Å². The molecular weight excluding hydrogens is 322 g/mol. The molecule has 1 fully saturated rings. The molecule has 0 aliphatic carbocycles. The molecular formula is C18H23N3O4. The van der Waals surface area contributed by atoms with E-state index in [-0.39, 0.29) is 30.7 Å². The Bertz CT molecular complexity index is 683. The zero-order valence-corrected chi connectivity index (χ0v) is 14.4. The molecule has 0 radical (unpaired) electrons. The van der Waals surface area contributed by atoms with Crippen LogP contribution in [0.3, 0.4) is 0 Å². The van der Waals surface area contributed by atoms with Gasteiger partial charge in [-0.25, -0.2) is 0 Å². The average molecular weight is 345 g/mol. The van der Waals surface area contributed by atoms with Gasteiger partial charge >= 0.3 is 0 Å². The Kier molecular flexibility index (Phi) is 5.33. The van der Waals surface area contributed by atoms with Crippen molar-refractivity contribution in [2.24, 2.45) is 0 Å². The van der Waals surface area contributed by atoms with Gasteiger partial charge < -0.3 is 15.0 Å². The van der Waals surface area contributed by atoms with Crippen molar-refractivity contribution < 1.29 is 19.1 Å². The number of anilines is 1. The molecule has 134 valence electrons. The van der Waals surface area contributed by atoms with Crippen LogP contribution < -0.4 is 15.0 Å². The molecule has 0 spiro atoms. The number of benzene rings is 1. The molecule has 7 heteroatoms. The molecule has 0 bridgehead atoms. The van der Waals surface area contributed by atoms with Crippen molar-refractivity contribution in [3.05, 3.63) is 23.8 Å². The molecule has 0 saturated carbocycles. The zero-order valence-electron chi connectivity index (χ0n) is 14.4. The molecule has 0 aromatic heterocycles. The molecule has 2 aliphatic heterocycles. The lowest BCUT2D eigenvalue weighted by molar-refractivity contribution is -0.125. The van der Waals surface area contributed by atoms with Crippen molar-refractivity contribution >= 4 is 23.3 Å². The van der Waals surface area contributed by atoms with Gasteiger partial charge in [-0.3, -0.25) is 19.3 Å². The van der Waals surface area contributed by atoms with Crippen LogP contribution in [-0.2, 0) is 9.59 Å². The van der Waals surface area contributed by atoms with Crippen molar-refractivity contribution in [1.82, 2.24) is 10.2 Å². The molecule has 0 atom stereocenters. The fourth-order valence-electron chi connectivity index (χ4n) is 3.15. The van der Waals surface area contributed by atoms with E-state index in [1.807, 2.05) is 0 Å². The van der Waals surface area contributed by atoms with Gasteiger partial charge in [-0.2, -0.15) is 0 Å². The van der Waals surface area contributed by atoms with Crippen LogP contribution in [0.5, 0.6) is 5.75 Å². The van der Waals surface area contributed by atoms with E-state index in [1.54, 1.807) is 18.2 Å². The van der Waals surface area contributed by atoms with E-state index in [0.717, 1.165) is 19.6 Å². The van der Waals surface area contributed by atoms with Gasteiger partial charge in [0, 0.05) is 18.7 Å². The first-order valence-electron chi connectivity index (χ1n) is 8.62. The second-order valence-corrected chi connectivity index (χ2v) is 6.41. The van der Waals surface area contributed by atoms with Crippen LogP contribution in [0, 0.1) is 0 Å². The zero-order chi connectivity index (χ0) is 17.8. The predicted molar refractivity (Wildman–Crippen MR) is 93.0 cm³/mol. The summed E-state index contributed by atoms with van der Waals surface area (Å²) in [5.74, 6) is -0.0955. The Morgan fingerprint density at radius 3 is 2.72 bits per heavy atom. The first-order chi connectivity index (χ1) is 12.0. The minimum Gasteiger partial charge on any atom is -0.482 e. The topological polar surface area (TPSA) is 79.0 Å². The predicted octanol–water partition coefficient (Wildman–Crippen LogP) is 0.827. The Morgan fingerprint density at radius 1 is 1.24 bits per heavy atom. The molecule has 1 aromatic carbocycles. The minimum absolute atomic E-state index is 0.0729. The normalized spacial score (nSPS) is 17.2. The molecule has 2 amide bonds. The van der Waals surface area contributed by atoms with Crippen molar-refractivity contribution in [2.75, 3.05) is 44.2 Å². The lowest BCUT2D eigenvalue weighted by Crippen LogP contribution is -2.46. The van der Waals surface area contributed by atoms with E-state index < -0.39 is 0 Å². The van der Waals surface area contributed by atoms with Gasteiger partial charge in [0.2, 0.25) is 5.91 Å². The van der Waals surface area contributed by atoms with Crippen LogP contribution in [0.1, 0.15) is 30.1 Å². The highest BCUT2D eigenvalue weighted by atomic mass is 16.5. The number of likely N-dealkylation sites (tertiary alicyclic amines) is 1. The number of fused-ring (bicyclic) bond motifs is 1. The van der Waals surface area contributed by atoms with Crippen molar-refractivity contribution in [1.29, 1.82) is 0 Å². The number of hydrogen-bond donors (Lipinski definition) is 1. The molecule has 1 N–H and O–H groups in total. The van der Waals surface area contributed by atoms with E-state index in [1.165, 1.54) is 24.7 Å². The summed E-state index contributed by atoms with van der Waals surface area (Å²) in [5, 5.41) is 2.86. The fourth-order valence-corrected chi connectivity index (χ4v) is 3.15. The summed E-state index contributed by atoms with van der Waals surface area (Å²) in [7, 11) is 0. The number of hydrogen-bond acceptors (Lipinski definition) is 5. The van der Waals surface area contributed by atoms with Gasteiger partial charge in [-0.1, -0.05) is 0 Å². The molecule has 2 aliphatic rings. The van der Waals surface area contributed by atoms with Crippen LogP contribution in [-0.4, -0.2) is 61.8 Å². The summed E-state index contributed by atoms with van der Waals surface area (Å²) in [6, 6.07) is 4.92. The number of amides is 2. The maximum atomic E-state index is 12.2. The lowest BCUT2D eigenvalue weighted by Gasteiger charge is -2.29. The average Bonchev–Trinajstić information content (AvgIpc) is 3.10. The third-order valence-electron chi connectivity index (χ3n) is 4.56. The second-order valence-electron chi connectivity index (χ2n) is 6.41. The van der Waals surface area contributed by atoms with Crippen molar-refractivity contribution in [2.45, 2.75) is 19.8 Å². The number of carbonyl (C=O) groups is 3. The molecule has 0 unspecified atom stereocenters. The summed E-state index contributed by atoms with van der Waals surface area (Å²) < 4.78 is 5.39. The first-order valence-corrected chi connectivity index (χ1v) is 8.62. The monoisotopic (exact) mass is 345 g/mol. The summed E-state index contributed by atoms with van der Waals surface area (Å²) in [5.41, 5.74) is 0.954. The Morgan fingerprint density at radius 2 is 2.00 bits per heavy atom. The van der Waals surface area contributed by atoms with Crippen molar-refractivity contribution in [3.8, 4) is 5.75 Å². The highest BCUT2D eigenvalue weighted by Crippen LogP contribution is 2.32. The third-order valence-corrected chi connectivity index (χ3v) is 4.56. The number of carbonyl (C=O) groups excluding carboxylic acids is 3. The lowest BCUT2D eigenvalue weighted by atomic mass is 10.1. The maximum Gasteiger partial charge on any atom is 0.265 e. The van der Waals surface area contributed by atoms with E-state index in [4.69, 9.17) is 4.74 Å². The smallest absolute Gasteiger partial charge is 0.265 e. The molecule has 1 aromatic rings. The van der Waals surface area contributed by atoms with Gasteiger partial charge in [-0.05, 0) is 51.1 Å². The van der Waals surface area contributed by atoms with Crippen molar-refractivity contribution in [3.63, 3.8) is 0 Å². The third kappa shape index (κ3) is 4.17. The molecule has 7 nitrogen and oxygen atoms in total. The number of Topliss-reactive ketones (excluding diaryl/α,β-unsaturated/α-hetero) is 1. The number of nitrogens with zero attached hydrogens (tertiary/aromatic N) is 2. The van der Waals surface area contributed by atoms with Gasteiger partial charge in [0.25, 0.3) is 5.91 Å². The molecule has 3 rings (SSSR count). The van der Waals surface area contributed by atoms with E-state index in [9.17, 15) is 14.4 Å². The minimum atomic E-state index is -0.289. The molecule has 25 heavy (non-hydrogen) atoms. The standard InChI is InChI=1S/C18H23N3O4/c1-13(22)14-4-5-16-15(10-14)21(18(24)12-25-16)11-17(23)19-6-9-20-7-2-3-8-20/h4-5,10H,2-3,6-9,11-12H2,1H3,(H,19,23). The van der Waals surface area contributed by atoms with E-state index in [0.29, 0.717) is 23.5 Å². The largest absolute Gasteiger partial charge is 0.482 e. The van der Waals surface area contributed by atoms with Gasteiger partial charge in [0.1, 0.15) is 12.3 Å². The quantitative estimate of drug-likeness (QED) is 0.773. The first kappa shape index (κ1) is 17.4. The van der Waals surface area contributed by atoms with E-state index >= 15 is 0 Å².